The Labute approximate surface area is 134 Å². The average molecular weight is 378 g/mol. The first-order valence-electron chi connectivity index (χ1n) is 6.56. The summed E-state index contributed by atoms with van der Waals surface area (Å²) in [5, 5.41) is 5.11. The number of primary sulfonamides is 1. The zero-order valence-electron chi connectivity index (χ0n) is 12.5. The van der Waals surface area contributed by atoms with Gasteiger partial charge in [-0.25, -0.2) is 18.4 Å². The van der Waals surface area contributed by atoms with Crippen LogP contribution in [0.3, 0.4) is 0 Å². The number of esters is 1. The van der Waals surface area contributed by atoms with E-state index in [4.69, 9.17) is 9.88 Å². The molecule has 1 aromatic carbocycles. The molecule has 1 aromatic rings. The number of hydrogen-bond acceptors (Lipinski definition) is 4. The largest absolute Gasteiger partial charge is 0.459 e. The van der Waals surface area contributed by atoms with Crippen LogP contribution in [-0.4, -0.2) is 20.5 Å². The minimum Gasteiger partial charge on any atom is -0.459 e. The topological polar surface area (TPSA) is 86.5 Å². The summed E-state index contributed by atoms with van der Waals surface area (Å²) in [6.07, 6.45) is 0.495. The highest BCUT2D eigenvalue weighted by molar-refractivity contribution is 9.10. The van der Waals surface area contributed by atoms with Crippen LogP contribution in [0.1, 0.15) is 43.1 Å². The zero-order valence-corrected chi connectivity index (χ0v) is 14.9. The van der Waals surface area contributed by atoms with Crippen LogP contribution in [-0.2, 0) is 14.8 Å². The quantitative estimate of drug-likeness (QED) is 0.798. The SMILES string of the molecule is Cc1c(Br)cc(S(N)(=O)=O)cc1C(=O)OC(C)CC(C)C. The molecule has 0 bridgehead atoms. The molecule has 21 heavy (non-hydrogen) atoms. The zero-order chi connectivity index (χ0) is 16.4. The summed E-state index contributed by atoms with van der Waals surface area (Å²) in [5.41, 5.74) is 0.813. The van der Waals surface area contributed by atoms with Gasteiger partial charge in [-0.3, -0.25) is 0 Å². The summed E-state index contributed by atoms with van der Waals surface area (Å²) in [6.45, 7) is 7.59. The molecule has 0 aliphatic rings. The third-order valence-corrected chi connectivity index (χ3v) is 4.69. The summed E-state index contributed by atoms with van der Waals surface area (Å²) in [5.74, 6) is -0.150. The highest BCUT2D eigenvalue weighted by atomic mass is 79.9. The molecule has 0 amide bonds. The van der Waals surface area contributed by atoms with Gasteiger partial charge in [0.1, 0.15) is 0 Å². The van der Waals surface area contributed by atoms with Crippen molar-refractivity contribution in [1.82, 2.24) is 0 Å². The van der Waals surface area contributed by atoms with Crippen LogP contribution in [0.2, 0.25) is 0 Å². The van der Waals surface area contributed by atoms with Crippen molar-refractivity contribution >= 4 is 31.9 Å². The molecule has 0 saturated heterocycles. The van der Waals surface area contributed by atoms with Crippen LogP contribution < -0.4 is 5.14 Å². The Balaban J connectivity index is 3.12. The molecular formula is C14H20BrNO4S. The lowest BCUT2D eigenvalue weighted by atomic mass is 10.1. The maximum Gasteiger partial charge on any atom is 0.338 e. The van der Waals surface area contributed by atoms with E-state index in [2.05, 4.69) is 15.9 Å². The summed E-state index contributed by atoms with van der Waals surface area (Å²) >= 11 is 3.24. The molecule has 0 aromatic heterocycles. The van der Waals surface area contributed by atoms with Crippen molar-refractivity contribution in [2.75, 3.05) is 0 Å². The van der Waals surface area contributed by atoms with E-state index < -0.39 is 16.0 Å². The normalized spacial score (nSPS) is 13.3. The van der Waals surface area contributed by atoms with Crippen molar-refractivity contribution in [2.45, 2.75) is 45.1 Å². The fourth-order valence-corrected chi connectivity index (χ4v) is 3.16. The van der Waals surface area contributed by atoms with Gasteiger partial charge in [-0.05, 0) is 43.9 Å². The summed E-state index contributed by atoms with van der Waals surface area (Å²) < 4.78 is 28.7. The van der Waals surface area contributed by atoms with Crippen LogP contribution in [0.5, 0.6) is 0 Å². The van der Waals surface area contributed by atoms with Crippen molar-refractivity contribution in [3.63, 3.8) is 0 Å². The van der Waals surface area contributed by atoms with E-state index >= 15 is 0 Å². The Morgan fingerprint density at radius 3 is 2.38 bits per heavy atom. The highest BCUT2D eigenvalue weighted by Gasteiger charge is 2.20. The molecule has 1 rings (SSSR count). The van der Waals surface area contributed by atoms with E-state index in [9.17, 15) is 13.2 Å². The number of rotatable bonds is 5. The van der Waals surface area contributed by atoms with Crippen molar-refractivity contribution in [3.05, 3.63) is 27.7 Å². The van der Waals surface area contributed by atoms with Gasteiger partial charge in [0.25, 0.3) is 0 Å². The minimum absolute atomic E-state index is 0.122. The van der Waals surface area contributed by atoms with Crippen LogP contribution in [0, 0.1) is 12.8 Å². The molecule has 0 heterocycles. The lowest BCUT2D eigenvalue weighted by molar-refractivity contribution is 0.0298. The van der Waals surface area contributed by atoms with E-state index in [-0.39, 0.29) is 16.6 Å². The predicted molar refractivity (Wildman–Crippen MR) is 84.6 cm³/mol. The third-order valence-electron chi connectivity index (χ3n) is 2.98. The number of carbonyl (C=O) groups is 1. The van der Waals surface area contributed by atoms with Crippen LogP contribution in [0.25, 0.3) is 0 Å². The van der Waals surface area contributed by atoms with Gasteiger partial charge < -0.3 is 4.74 Å². The van der Waals surface area contributed by atoms with E-state index in [1.807, 2.05) is 20.8 Å². The molecule has 0 saturated carbocycles. The van der Waals surface area contributed by atoms with Gasteiger partial charge in [0.05, 0.1) is 16.6 Å². The van der Waals surface area contributed by atoms with E-state index in [0.29, 0.717) is 16.0 Å². The molecule has 5 nitrogen and oxygen atoms in total. The number of benzene rings is 1. The minimum atomic E-state index is -3.88. The number of ether oxygens (including phenoxy) is 1. The Morgan fingerprint density at radius 1 is 1.33 bits per heavy atom. The molecule has 0 spiro atoms. The lowest BCUT2D eigenvalue weighted by Gasteiger charge is -2.17. The number of hydrogen-bond donors (Lipinski definition) is 1. The van der Waals surface area contributed by atoms with Gasteiger partial charge in [0, 0.05) is 4.47 Å². The Bertz CT molecular complexity index is 641. The maximum atomic E-state index is 12.2. The second-order valence-electron chi connectivity index (χ2n) is 5.47. The van der Waals surface area contributed by atoms with Crippen LogP contribution in [0.4, 0.5) is 0 Å². The second-order valence-corrected chi connectivity index (χ2v) is 7.88. The first-order valence-corrected chi connectivity index (χ1v) is 8.90. The molecule has 0 aliphatic carbocycles. The molecule has 0 aliphatic heterocycles. The van der Waals surface area contributed by atoms with Gasteiger partial charge in [-0.15, -0.1) is 0 Å². The molecule has 2 N–H and O–H groups in total. The smallest absolute Gasteiger partial charge is 0.338 e. The van der Waals surface area contributed by atoms with E-state index in [1.54, 1.807) is 6.92 Å². The van der Waals surface area contributed by atoms with Gasteiger partial charge in [0.2, 0.25) is 10.0 Å². The highest BCUT2D eigenvalue weighted by Crippen LogP contribution is 2.25. The van der Waals surface area contributed by atoms with Crippen molar-refractivity contribution < 1.29 is 17.9 Å². The monoisotopic (exact) mass is 377 g/mol. The number of sulfonamides is 1. The van der Waals surface area contributed by atoms with Gasteiger partial charge in [-0.2, -0.15) is 0 Å². The Morgan fingerprint density at radius 2 is 1.90 bits per heavy atom. The Hall–Kier alpha value is -0.920. The molecule has 0 fully saturated rings. The molecule has 1 atom stereocenters. The second kappa shape index (κ2) is 6.89. The summed E-state index contributed by atoms with van der Waals surface area (Å²) in [7, 11) is -3.88. The Kier molecular flexibility index (Phi) is 5.95. The summed E-state index contributed by atoms with van der Waals surface area (Å²) in [6, 6.07) is 2.62. The standard InChI is InChI=1S/C14H20BrNO4S/c1-8(2)5-9(3)20-14(17)12-6-11(21(16,18)19)7-13(15)10(12)4/h6-9H,5H2,1-4H3,(H2,16,18,19). The van der Waals surface area contributed by atoms with E-state index in [1.165, 1.54) is 12.1 Å². The van der Waals surface area contributed by atoms with Crippen LogP contribution in [0.15, 0.2) is 21.5 Å². The lowest BCUT2D eigenvalue weighted by Crippen LogP contribution is -2.19. The van der Waals surface area contributed by atoms with Crippen molar-refractivity contribution in [3.8, 4) is 0 Å². The molecule has 0 radical (unpaired) electrons. The van der Waals surface area contributed by atoms with Gasteiger partial charge in [-0.1, -0.05) is 29.8 Å². The van der Waals surface area contributed by atoms with Gasteiger partial charge in [0.15, 0.2) is 0 Å². The number of carbonyl (C=O) groups excluding carboxylic acids is 1. The van der Waals surface area contributed by atoms with Crippen molar-refractivity contribution in [2.24, 2.45) is 11.1 Å². The molecule has 7 heteroatoms. The van der Waals surface area contributed by atoms with E-state index in [0.717, 1.165) is 6.42 Å². The average Bonchev–Trinajstić information content (AvgIpc) is 2.29. The number of halogens is 1. The third kappa shape index (κ3) is 5.09. The predicted octanol–water partition coefficient (Wildman–Crippen LogP) is 3.00. The fourth-order valence-electron chi connectivity index (χ4n) is 1.99. The summed E-state index contributed by atoms with van der Waals surface area (Å²) in [4.78, 5) is 12.1. The molecule has 118 valence electrons. The maximum absolute atomic E-state index is 12.2. The molecule has 1 unspecified atom stereocenters. The van der Waals surface area contributed by atoms with Crippen molar-refractivity contribution in [1.29, 1.82) is 0 Å². The van der Waals surface area contributed by atoms with Gasteiger partial charge >= 0.3 is 5.97 Å². The first kappa shape index (κ1) is 18.1. The van der Waals surface area contributed by atoms with Crippen LogP contribution >= 0.6 is 15.9 Å². The fraction of sp³-hybridized carbons (Fsp3) is 0.500. The number of nitrogens with two attached hydrogens (primary N) is 1. The first-order chi connectivity index (χ1) is 9.52. The molecular weight excluding hydrogens is 358 g/mol.